The van der Waals surface area contributed by atoms with Crippen LogP contribution < -0.4 is 5.32 Å². The third-order valence-corrected chi connectivity index (χ3v) is 8.69. The van der Waals surface area contributed by atoms with Gasteiger partial charge in [0.05, 0.1) is 30.8 Å². The molecule has 8 atom stereocenters. The average molecular weight is 601 g/mol. The van der Waals surface area contributed by atoms with Crippen molar-refractivity contribution in [3.8, 4) is 0 Å². The lowest BCUT2D eigenvalue weighted by molar-refractivity contribution is -0.154. The van der Waals surface area contributed by atoms with Gasteiger partial charge in [0, 0.05) is 18.9 Å². The molecule has 2 saturated carbocycles. The van der Waals surface area contributed by atoms with E-state index in [0.29, 0.717) is 19.4 Å². The second-order valence-electron chi connectivity index (χ2n) is 11.1. The fourth-order valence-electron chi connectivity index (χ4n) is 6.50. The number of benzene rings is 1. The van der Waals surface area contributed by atoms with Crippen molar-refractivity contribution < 1.29 is 28.7 Å². The number of carbonyl (C=O) groups excluding carboxylic acids is 4. The van der Waals surface area contributed by atoms with E-state index in [4.69, 9.17) is 9.47 Å². The van der Waals surface area contributed by atoms with Crippen LogP contribution in [-0.4, -0.2) is 42.0 Å². The number of carbonyl (C=O) groups is 4. The number of hydrogen-bond donors (Lipinski definition) is 1. The van der Waals surface area contributed by atoms with Gasteiger partial charge in [-0.2, -0.15) is 0 Å². The van der Waals surface area contributed by atoms with Crippen LogP contribution in [0.2, 0.25) is 0 Å². The highest BCUT2D eigenvalue weighted by atomic mass is 16.5. The summed E-state index contributed by atoms with van der Waals surface area (Å²) in [5.74, 6) is -3.05. The Morgan fingerprint density at radius 2 is 1.27 bits per heavy atom. The fourth-order valence-corrected chi connectivity index (χ4v) is 6.50. The molecule has 234 valence electrons. The third kappa shape index (κ3) is 7.73. The van der Waals surface area contributed by atoms with Crippen molar-refractivity contribution in [3.63, 3.8) is 0 Å². The molecule has 8 unspecified atom stereocenters. The van der Waals surface area contributed by atoms with Crippen molar-refractivity contribution in [2.45, 2.75) is 26.4 Å². The number of nitrogens with zero attached hydrogens (tertiary/aromatic N) is 1. The molecule has 2 aromatic rings. The zero-order chi connectivity index (χ0) is 32.2. The molecule has 0 bridgehead atoms. The number of nitrogens with one attached hydrogen (secondary N) is 1. The highest BCUT2D eigenvalue weighted by molar-refractivity contribution is 5.89. The second kappa shape index (κ2) is 16.4. The van der Waals surface area contributed by atoms with Gasteiger partial charge in [-0.3, -0.25) is 23.7 Å². The molecule has 0 saturated heterocycles. The van der Waals surface area contributed by atoms with Crippen molar-refractivity contribution in [2.75, 3.05) is 13.7 Å². The van der Waals surface area contributed by atoms with Gasteiger partial charge in [0.25, 0.3) is 0 Å². The summed E-state index contributed by atoms with van der Waals surface area (Å²) >= 11 is 0. The normalized spacial score (nSPS) is 27.1. The van der Waals surface area contributed by atoms with Crippen molar-refractivity contribution in [2.24, 2.45) is 47.3 Å². The molecule has 2 fully saturated rings. The average Bonchev–Trinajstić information content (AvgIpc) is 3.81. The minimum absolute atomic E-state index is 0.0444. The van der Waals surface area contributed by atoms with E-state index >= 15 is 0 Å². The number of aromatic nitrogens is 1. The van der Waals surface area contributed by atoms with Gasteiger partial charge >= 0.3 is 11.9 Å². The maximum absolute atomic E-state index is 12.7. The first kappa shape index (κ1) is 34.0. The highest BCUT2D eigenvalue weighted by Gasteiger charge is 2.50. The first-order valence-corrected chi connectivity index (χ1v) is 15.0. The molecule has 0 radical (unpaired) electrons. The van der Waals surface area contributed by atoms with E-state index in [1.165, 1.54) is 11.7 Å². The van der Waals surface area contributed by atoms with Crippen molar-refractivity contribution in [1.82, 2.24) is 9.88 Å². The molecule has 1 aromatic heterocycles. The topological polar surface area (TPSA) is 104 Å². The number of allylic oxidation sites excluding steroid dienone is 4. The molecule has 0 spiro atoms. The SMILES string of the molecule is C=CC1CC(C=C)C(C(=O)OCc2ccccc2)C1C(=O)NCC.C=CC1CC(C=C)C(C(=O)n2cccc2)C1C(=O)OC. The lowest BCUT2D eigenvalue weighted by atomic mass is 9.86. The number of esters is 2. The Morgan fingerprint density at radius 1 is 0.773 bits per heavy atom. The van der Waals surface area contributed by atoms with Gasteiger partial charge in [-0.15, -0.1) is 26.3 Å². The van der Waals surface area contributed by atoms with Crippen molar-refractivity contribution in [3.05, 3.63) is 111 Å². The Bertz CT molecular complexity index is 1320. The second-order valence-corrected chi connectivity index (χ2v) is 11.1. The van der Waals surface area contributed by atoms with Gasteiger partial charge < -0.3 is 14.8 Å². The summed E-state index contributed by atoms with van der Waals surface area (Å²) in [4.78, 5) is 49.9. The van der Waals surface area contributed by atoms with Crippen LogP contribution in [0.4, 0.5) is 0 Å². The number of methoxy groups -OCH3 is 1. The third-order valence-electron chi connectivity index (χ3n) is 8.69. The van der Waals surface area contributed by atoms with E-state index in [2.05, 4.69) is 31.6 Å². The summed E-state index contributed by atoms with van der Waals surface area (Å²) in [6.07, 6.45) is 11.8. The van der Waals surface area contributed by atoms with Crippen LogP contribution >= 0.6 is 0 Å². The van der Waals surface area contributed by atoms with E-state index in [1.54, 1.807) is 48.8 Å². The number of ether oxygens (including phenoxy) is 2. The predicted molar refractivity (Wildman–Crippen MR) is 170 cm³/mol. The van der Waals surface area contributed by atoms with Gasteiger partial charge in [0.15, 0.2) is 0 Å². The van der Waals surface area contributed by atoms with Crippen LogP contribution in [0, 0.1) is 47.3 Å². The molecule has 8 heteroatoms. The standard InChI is InChI=1S/C20H25NO3.C16H19NO3/c1-4-15-12-16(5-2)18(17(15)19(22)21-6-3)20(23)24-13-14-10-8-7-9-11-14;1-4-11-10-12(5-2)14(16(19)20-3)13(11)15(18)17-8-6-7-9-17/h4-5,7-11,15-18H,1-2,6,12-13H2,3H3,(H,21,22);4-9,11-14H,1-2,10H2,3H3. The minimum Gasteiger partial charge on any atom is -0.469 e. The number of hydrogen-bond acceptors (Lipinski definition) is 6. The Hall–Kier alpha value is -4.46. The largest absolute Gasteiger partial charge is 0.469 e. The van der Waals surface area contributed by atoms with E-state index in [0.717, 1.165) is 5.56 Å². The summed E-state index contributed by atoms with van der Waals surface area (Å²) in [5.41, 5.74) is 0.925. The first-order valence-electron chi connectivity index (χ1n) is 15.0. The molecule has 8 nitrogen and oxygen atoms in total. The molecule has 2 aliphatic rings. The van der Waals surface area contributed by atoms with Gasteiger partial charge in [0.2, 0.25) is 11.8 Å². The van der Waals surface area contributed by atoms with Gasteiger partial charge in [-0.05, 0) is 61.1 Å². The van der Waals surface area contributed by atoms with E-state index < -0.39 is 23.7 Å². The van der Waals surface area contributed by atoms with Crippen LogP contribution in [0.25, 0.3) is 0 Å². The smallest absolute Gasteiger partial charge is 0.310 e. The Labute approximate surface area is 260 Å². The van der Waals surface area contributed by atoms with Crippen LogP contribution in [0.1, 0.15) is 30.1 Å². The summed E-state index contributed by atoms with van der Waals surface area (Å²) < 4.78 is 11.9. The van der Waals surface area contributed by atoms with E-state index in [9.17, 15) is 19.2 Å². The fraction of sp³-hybridized carbons (Fsp3) is 0.389. The van der Waals surface area contributed by atoms with Gasteiger partial charge in [-0.1, -0.05) is 54.6 Å². The molecule has 1 N–H and O–H groups in total. The quantitative estimate of drug-likeness (QED) is 0.264. The summed E-state index contributed by atoms with van der Waals surface area (Å²) in [6.45, 7) is 17.8. The number of rotatable bonds is 11. The Kier molecular flexibility index (Phi) is 12.7. The molecular weight excluding hydrogens is 556 g/mol. The van der Waals surface area contributed by atoms with Crippen molar-refractivity contribution in [1.29, 1.82) is 0 Å². The van der Waals surface area contributed by atoms with Crippen LogP contribution in [0.3, 0.4) is 0 Å². The Balaban J connectivity index is 0.000000244. The predicted octanol–water partition coefficient (Wildman–Crippen LogP) is 5.65. The van der Waals surface area contributed by atoms with Crippen LogP contribution in [0.5, 0.6) is 0 Å². The van der Waals surface area contributed by atoms with Crippen LogP contribution in [-0.2, 0) is 30.5 Å². The molecule has 1 heterocycles. The molecular formula is C36H44N2O6. The summed E-state index contributed by atoms with van der Waals surface area (Å²) in [5, 5.41) is 2.83. The number of amides is 1. The summed E-state index contributed by atoms with van der Waals surface area (Å²) in [7, 11) is 1.35. The van der Waals surface area contributed by atoms with Crippen molar-refractivity contribution >= 4 is 23.8 Å². The minimum atomic E-state index is -0.513. The molecule has 1 amide bonds. The molecule has 44 heavy (non-hydrogen) atoms. The lowest BCUT2D eigenvalue weighted by Gasteiger charge is -2.22. The van der Waals surface area contributed by atoms with E-state index in [-0.39, 0.29) is 54.0 Å². The van der Waals surface area contributed by atoms with Gasteiger partial charge in [0.1, 0.15) is 6.61 Å². The maximum atomic E-state index is 12.7. The lowest BCUT2D eigenvalue weighted by Crippen LogP contribution is -2.39. The zero-order valence-corrected chi connectivity index (χ0v) is 25.7. The first-order chi connectivity index (χ1) is 21.3. The maximum Gasteiger partial charge on any atom is 0.310 e. The van der Waals surface area contributed by atoms with Gasteiger partial charge in [-0.25, -0.2) is 0 Å². The molecule has 0 aliphatic heterocycles. The zero-order valence-electron chi connectivity index (χ0n) is 25.7. The summed E-state index contributed by atoms with van der Waals surface area (Å²) in [6, 6.07) is 13.1. The molecule has 4 rings (SSSR count). The monoisotopic (exact) mass is 600 g/mol. The highest BCUT2D eigenvalue weighted by Crippen LogP contribution is 2.45. The Morgan fingerprint density at radius 3 is 1.77 bits per heavy atom. The molecule has 1 aromatic carbocycles. The molecule has 2 aliphatic carbocycles. The van der Waals surface area contributed by atoms with Crippen LogP contribution in [0.15, 0.2) is 105 Å². The van der Waals surface area contributed by atoms with E-state index in [1.807, 2.05) is 37.3 Å².